The first-order valence-corrected chi connectivity index (χ1v) is 43.5. The molecule has 116 heavy (non-hydrogen) atoms. The summed E-state index contributed by atoms with van der Waals surface area (Å²) in [5.41, 5.74) is 6.95. The zero-order valence-corrected chi connectivity index (χ0v) is 72.0. The minimum absolute atomic E-state index is 0. The van der Waals surface area contributed by atoms with Crippen LogP contribution in [-0.2, 0) is 78.6 Å². The molecule has 0 saturated carbocycles. The van der Waals surface area contributed by atoms with Gasteiger partial charge in [0.2, 0.25) is 0 Å². The third kappa shape index (κ3) is 49.2. The highest BCUT2D eigenvalue weighted by molar-refractivity contribution is 8.05. The Labute approximate surface area is 695 Å². The Kier molecular flexibility index (Phi) is 51.0. The number of aliphatic hydroxyl groups excluding tert-OH is 1. The van der Waals surface area contributed by atoms with E-state index in [-0.39, 0.29) is 90.7 Å². The number of esters is 4. The van der Waals surface area contributed by atoms with Crippen LogP contribution in [0.25, 0.3) is 0 Å². The first-order valence-electron chi connectivity index (χ1n) is 34.8. The van der Waals surface area contributed by atoms with Gasteiger partial charge in [-0.1, -0.05) is 145 Å². The van der Waals surface area contributed by atoms with E-state index >= 15 is 0 Å². The summed E-state index contributed by atoms with van der Waals surface area (Å²) in [6.07, 6.45) is -4.41. The number of hydrogen-bond acceptors (Lipinski definition) is 26. The molecule has 0 aromatic heterocycles. The van der Waals surface area contributed by atoms with E-state index in [4.69, 9.17) is 96.0 Å². The number of nitro benzene ring substituents is 2. The molecule has 0 amide bonds. The number of ether oxygens (including phenoxy) is 6. The van der Waals surface area contributed by atoms with E-state index in [0.29, 0.717) is 17.2 Å². The molecule has 636 valence electrons. The number of nitrogens with zero attached hydrogens (tertiary/aromatic N) is 2. The van der Waals surface area contributed by atoms with Gasteiger partial charge in [-0.15, -0.1) is 12.4 Å². The van der Waals surface area contributed by atoms with Crippen molar-refractivity contribution in [3.05, 3.63) is 262 Å². The molecule has 0 aliphatic heterocycles. The minimum atomic E-state index is -4.12. The molecular weight excluding hydrogens is 1680 g/mol. The quantitative estimate of drug-likeness (QED) is 0.00415. The number of carbonyl (C=O) groups excluding carboxylic acids is 4. The number of non-ortho nitro benzene ring substituents is 2. The molecular formula is C76H98Cl4N6O26P4. The van der Waals surface area contributed by atoms with Crippen LogP contribution in [0.1, 0.15) is 94.2 Å². The number of nitrogens with two attached hydrogens (primary N) is 1. The van der Waals surface area contributed by atoms with E-state index in [1.165, 1.54) is 62.4 Å². The van der Waals surface area contributed by atoms with E-state index < -0.39 is 88.0 Å². The molecule has 40 heteroatoms. The van der Waals surface area contributed by atoms with Crippen molar-refractivity contribution in [1.82, 2.24) is 15.3 Å². The number of para-hydroxylation sites is 4. The van der Waals surface area contributed by atoms with Crippen LogP contribution in [0.3, 0.4) is 0 Å². The van der Waals surface area contributed by atoms with Crippen molar-refractivity contribution in [2.45, 2.75) is 145 Å². The topological polar surface area (TPSA) is 436 Å². The second kappa shape index (κ2) is 56.4. The molecule has 8 rings (SSSR count). The number of hydrogen-bond donors (Lipinski definition) is 6. The normalized spacial score (nSPS) is 13.1. The molecule has 8 aromatic rings. The van der Waals surface area contributed by atoms with Crippen LogP contribution in [0, 0.1) is 20.2 Å². The van der Waals surface area contributed by atoms with Crippen molar-refractivity contribution in [1.29, 1.82) is 0 Å². The average Bonchev–Trinajstić information content (AvgIpc) is 0.855. The molecule has 0 saturated heterocycles. The standard InChI is InChI=1S/C19H23N2O8P.C19H24NO5P.C12H18NO5P.C7H6ClNO3.C7H8O.C6H5Cl2O2P.C6H13NO2.ClH/c1-14(2)28-19(22)15(3)20-30(25,29-18-7-5-4-6-8-18)27-13-26-17-11-9-16(10-12-17)21(23)24;1-15(2)24-19(21)16(3)20-26(22,25-18-12-8-5-9-13-18)23-14-17-10-6-4-7-11-17;1-9(2)17-12(14)10(3)13-19(15,16)18-11-7-5-4-6-8-11;8-5-12-7-3-1-6(2-4-7)9(10)11;8-6-7-4-2-1-3-5-7;7-11(8,9)10-6-4-2-1-3-5-6;1-4(2)9-6(8)5(3)7;/h4-12,14-15H,13H2,1-3H3,(H,20,25);4-13,15-16H,14H2,1-3H3,(H,20,22);4-10H,1-3H3,(H2,13,15,16);1-4H,5H2;1-5,8H,6H2;1-5H;4-5H,7H2,1-3H3;1H/t15-,30?;16-,26?;10-;;;;5-;/m000...0./s1. The molecule has 7 atom stereocenters. The van der Waals surface area contributed by atoms with Crippen LogP contribution in [0.2, 0.25) is 0 Å². The van der Waals surface area contributed by atoms with E-state index in [9.17, 15) is 62.6 Å². The van der Waals surface area contributed by atoms with Gasteiger partial charge in [-0.2, -0.15) is 15.3 Å². The fourth-order valence-corrected chi connectivity index (χ4v) is 12.6. The summed E-state index contributed by atoms with van der Waals surface area (Å²) in [6, 6.07) is 60.2. The lowest BCUT2D eigenvalue weighted by Gasteiger charge is -2.23. The van der Waals surface area contributed by atoms with Gasteiger partial charge in [0.1, 0.15) is 58.7 Å². The highest BCUT2D eigenvalue weighted by Gasteiger charge is 2.35. The van der Waals surface area contributed by atoms with Crippen LogP contribution in [0.15, 0.2) is 231 Å². The number of carbonyl (C=O) groups is 4. The van der Waals surface area contributed by atoms with Crippen molar-refractivity contribution in [3.8, 4) is 34.5 Å². The molecule has 0 radical (unpaired) electrons. The van der Waals surface area contributed by atoms with Crippen LogP contribution in [-0.4, -0.2) is 105 Å². The predicted octanol–water partition coefficient (Wildman–Crippen LogP) is 18.2. The monoisotopic (exact) mass is 1770 g/mol. The van der Waals surface area contributed by atoms with Gasteiger partial charge < -0.3 is 62.2 Å². The van der Waals surface area contributed by atoms with Crippen LogP contribution in [0.5, 0.6) is 34.5 Å². The Morgan fingerprint density at radius 2 is 0.707 bits per heavy atom. The number of rotatable bonds is 34. The highest BCUT2D eigenvalue weighted by Crippen LogP contribution is 2.57. The van der Waals surface area contributed by atoms with E-state index in [0.717, 1.165) is 11.1 Å². The Balaban J connectivity index is 0.000000711. The van der Waals surface area contributed by atoms with Gasteiger partial charge in [0.05, 0.1) is 47.5 Å². The highest BCUT2D eigenvalue weighted by atomic mass is 35.9. The third-order valence-corrected chi connectivity index (χ3v) is 18.1. The molecule has 0 spiro atoms. The molecule has 7 N–H and O–H groups in total. The first kappa shape index (κ1) is 105. The van der Waals surface area contributed by atoms with Gasteiger partial charge in [-0.3, -0.25) is 43.9 Å². The first-order chi connectivity index (χ1) is 54.1. The predicted molar refractivity (Wildman–Crippen MR) is 444 cm³/mol. The molecule has 0 aliphatic carbocycles. The molecule has 0 fully saturated rings. The summed E-state index contributed by atoms with van der Waals surface area (Å²) < 4.78 is 110. The molecule has 8 aromatic carbocycles. The number of alkyl halides is 1. The largest absolute Gasteiger partial charge is 0.478 e. The maximum atomic E-state index is 13.2. The Morgan fingerprint density at radius 3 is 1.00 bits per heavy atom. The summed E-state index contributed by atoms with van der Waals surface area (Å²) in [5, 5.41) is 36.8. The van der Waals surface area contributed by atoms with E-state index in [1.807, 2.05) is 66.7 Å². The van der Waals surface area contributed by atoms with Crippen molar-refractivity contribution in [3.63, 3.8) is 0 Å². The van der Waals surface area contributed by atoms with Crippen LogP contribution in [0.4, 0.5) is 11.4 Å². The fraction of sp³-hybridized carbons (Fsp3) is 0.316. The van der Waals surface area contributed by atoms with Crippen molar-refractivity contribution in [2.24, 2.45) is 5.73 Å². The zero-order chi connectivity index (χ0) is 86.2. The molecule has 3 unspecified atom stereocenters. The lowest BCUT2D eigenvalue weighted by molar-refractivity contribution is -0.385. The average molecular weight is 1780 g/mol. The summed E-state index contributed by atoms with van der Waals surface area (Å²) in [6.45, 7) is 19.6. The lowest BCUT2D eigenvalue weighted by Crippen LogP contribution is -2.36. The van der Waals surface area contributed by atoms with Gasteiger partial charge in [-0.05, 0) is 167 Å². The summed E-state index contributed by atoms with van der Waals surface area (Å²) >= 11 is 15.6. The SMILES string of the molecule is CC(C)OC(=O)[C@H](C)N.CC(C)OC(=O)[C@H](C)NP(=O)(O)Oc1ccccc1.CC(C)OC(=O)[C@H](C)NP(=O)(OCOc1ccc([N+](=O)[O-])cc1)Oc1ccccc1.CC(C)OC(=O)[C@H](C)NP(=O)(OCc1ccccc1)Oc1ccccc1.Cl.O=P(Cl)(Cl)Oc1ccccc1.O=[N+]([O-])c1ccc(OCCl)cc1.OCc1ccccc1. The van der Waals surface area contributed by atoms with Gasteiger partial charge in [-0.25, -0.2) is 22.8 Å². The van der Waals surface area contributed by atoms with Crippen LogP contribution < -0.4 is 48.6 Å². The molecule has 0 bridgehead atoms. The summed E-state index contributed by atoms with van der Waals surface area (Å²) in [5.74, 6) is -0.0392. The Hall–Kier alpha value is -9.00. The molecule has 0 aliphatic rings. The number of benzene rings is 8. The molecule has 0 heterocycles. The summed E-state index contributed by atoms with van der Waals surface area (Å²) in [4.78, 5) is 75.8. The Morgan fingerprint density at radius 1 is 0.414 bits per heavy atom. The second-order valence-corrected chi connectivity index (χ2v) is 33.7. The number of aliphatic hydroxyl groups is 1. The number of halogens is 4. The van der Waals surface area contributed by atoms with Gasteiger partial charge >= 0.3 is 53.2 Å². The van der Waals surface area contributed by atoms with Gasteiger partial charge in [0.25, 0.3) is 11.4 Å². The van der Waals surface area contributed by atoms with Crippen molar-refractivity contribution >= 4 is 111 Å². The number of nitrogens with one attached hydrogen (secondary N) is 3. The lowest BCUT2D eigenvalue weighted by atomic mass is 10.2. The molecule has 32 nitrogen and oxygen atoms in total. The minimum Gasteiger partial charge on any atom is -0.478 e. The maximum Gasteiger partial charge on any atom is 0.462 e. The maximum absolute atomic E-state index is 13.2. The van der Waals surface area contributed by atoms with Gasteiger partial charge in [0.15, 0.2) is 12.9 Å². The smallest absolute Gasteiger partial charge is 0.462 e. The van der Waals surface area contributed by atoms with Crippen molar-refractivity contribution in [2.75, 3.05) is 12.9 Å². The third-order valence-electron chi connectivity index (χ3n) is 12.8. The zero-order valence-electron chi connectivity index (χ0n) is 65.4. The van der Waals surface area contributed by atoms with Crippen LogP contribution >= 0.6 is 75.8 Å². The Bertz CT molecular complexity index is 4320. The second-order valence-electron chi connectivity index (χ2n) is 24.4. The van der Waals surface area contributed by atoms with Crippen molar-refractivity contribution < 1.29 is 113 Å². The fourth-order valence-electron chi connectivity index (χ4n) is 7.77. The van der Waals surface area contributed by atoms with E-state index in [2.05, 4.69) is 19.8 Å². The number of nitro groups is 2. The summed E-state index contributed by atoms with van der Waals surface area (Å²) in [7, 11) is -12.0. The van der Waals surface area contributed by atoms with Gasteiger partial charge in [0, 0.05) is 46.7 Å². The van der Waals surface area contributed by atoms with E-state index in [1.54, 1.807) is 184 Å².